The van der Waals surface area contributed by atoms with Crippen molar-refractivity contribution in [1.29, 1.82) is 0 Å². The van der Waals surface area contributed by atoms with Crippen molar-refractivity contribution in [3.63, 3.8) is 0 Å². The van der Waals surface area contributed by atoms with E-state index in [2.05, 4.69) is 29.6 Å². The van der Waals surface area contributed by atoms with E-state index in [9.17, 15) is 4.79 Å². The first kappa shape index (κ1) is 16.5. The van der Waals surface area contributed by atoms with Crippen molar-refractivity contribution in [2.45, 2.75) is 39.7 Å². The average Bonchev–Trinajstić information content (AvgIpc) is 2.72. The number of carbonyl (C=O) groups is 1. The molecule has 0 saturated carbocycles. The molecule has 0 atom stereocenters. The van der Waals surface area contributed by atoms with Crippen LogP contribution in [0.4, 0.5) is 10.6 Å². The van der Waals surface area contributed by atoms with Crippen LogP contribution >= 0.6 is 0 Å². The first-order valence-corrected chi connectivity index (χ1v) is 7.10. The minimum Gasteiger partial charge on any atom is -0.337 e. The number of rotatable bonds is 6. The van der Waals surface area contributed by atoms with E-state index in [-0.39, 0.29) is 12.1 Å². The standard InChI is InChI=1S/C14H27N5O/c1-10(2)12-9-13(19(17-12)11(3)4)16-14(20)15-7-8-18(5)6/h9-11H,7-8H2,1-6H3,(H2,15,16,20). The molecule has 0 aromatic carbocycles. The normalized spacial score (nSPS) is 11.4. The zero-order chi connectivity index (χ0) is 15.3. The van der Waals surface area contributed by atoms with Crippen LogP contribution in [0.1, 0.15) is 45.3 Å². The molecule has 2 amide bonds. The monoisotopic (exact) mass is 281 g/mol. The molecule has 0 unspecified atom stereocenters. The van der Waals surface area contributed by atoms with Gasteiger partial charge in [0.25, 0.3) is 0 Å². The highest BCUT2D eigenvalue weighted by Crippen LogP contribution is 2.21. The Kier molecular flexibility index (Phi) is 6.01. The molecule has 0 fully saturated rings. The largest absolute Gasteiger partial charge is 0.337 e. The molecule has 0 saturated heterocycles. The maximum atomic E-state index is 11.9. The van der Waals surface area contributed by atoms with Gasteiger partial charge in [-0.2, -0.15) is 5.10 Å². The third-order valence-electron chi connectivity index (χ3n) is 2.92. The number of hydrogen-bond donors (Lipinski definition) is 2. The molecule has 0 aliphatic heterocycles. The van der Waals surface area contributed by atoms with Crippen LogP contribution in [0, 0.1) is 0 Å². The number of urea groups is 1. The molecule has 0 aliphatic carbocycles. The summed E-state index contributed by atoms with van der Waals surface area (Å²) in [7, 11) is 3.95. The summed E-state index contributed by atoms with van der Waals surface area (Å²) in [5.41, 5.74) is 0.988. The Labute approximate surface area is 121 Å². The number of amides is 2. The quantitative estimate of drug-likeness (QED) is 0.841. The molecule has 0 radical (unpaired) electrons. The van der Waals surface area contributed by atoms with Crippen molar-refractivity contribution in [3.05, 3.63) is 11.8 Å². The van der Waals surface area contributed by atoms with Crippen molar-refractivity contribution in [3.8, 4) is 0 Å². The summed E-state index contributed by atoms with van der Waals surface area (Å²) in [6.07, 6.45) is 0. The highest BCUT2D eigenvalue weighted by Gasteiger charge is 2.14. The zero-order valence-electron chi connectivity index (χ0n) is 13.4. The van der Waals surface area contributed by atoms with Gasteiger partial charge in [-0.15, -0.1) is 0 Å². The van der Waals surface area contributed by atoms with Crippen LogP contribution in [0.2, 0.25) is 0 Å². The van der Waals surface area contributed by atoms with Gasteiger partial charge in [0.05, 0.1) is 5.69 Å². The molecule has 1 aromatic heterocycles. The summed E-state index contributed by atoms with van der Waals surface area (Å²) in [5.74, 6) is 1.08. The van der Waals surface area contributed by atoms with Gasteiger partial charge >= 0.3 is 6.03 Å². The van der Waals surface area contributed by atoms with Crippen molar-refractivity contribution < 1.29 is 4.79 Å². The van der Waals surface area contributed by atoms with Crippen molar-refractivity contribution in [1.82, 2.24) is 20.0 Å². The van der Waals surface area contributed by atoms with Crippen LogP contribution in [0.5, 0.6) is 0 Å². The van der Waals surface area contributed by atoms with Gasteiger partial charge in [0.15, 0.2) is 0 Å². The summed E-state index contributed by atoms with van der Waals surface area (Å²) in [6.45, 7) is 9.71. The summed E-state index contributed by atoms with van der Waals surface area (Å²) in [6, 6.07) is 1.96. The van der Waals surface area contributed by atoms with E-state index in [1.165, 1.54) is 0 Å². The summed E-state index contributed by atoms with van der Waals surface area (Å²) >= 11 is 0. The van der Waals surface area contributed by atoms with E-state index in [1.54, 1.807) is 0 Å². The molecule has 1 rings (SSSR count). The Bertz CT molecular complexity index is 437. The van der Waals surface area contributed by atoms with Crippen molar-refractivity contribution in [2.24, 2.45) is 0 Å². The van der Waals surface area contributed by atoms with Gasteiger partial charge in [0.1, 0.15) is 5.82 Å². The summed E-state index contributed by atoms with van der Waals surface area (Å²) < 4.78 is 1.85. The number of aromatic nitrogens is 2. The van der Waals surface area contributed by atoms with Gasteiger partial charge in [-0.3, -0.25) is 5.32 Å². The highest BCUT2D eigenvalue weighted by atomic mass is 16.2. The van der Waals surface area contributed by atoms with Crippen LogP contribution < -0.4 is 10.6 Å². The number of carbonyl (C=O) groups excluding carboxylic acids is 1. The number of anilines is 1. The maximum Gasteiger partial charge on any atom is 0.320 e. The Morgan fingerprint density at radius 3 is 2.50 bits per heavy atom. The van der Waals surface area contributed by atoms with Gasteiger partial charge in [-0.1, -0.05) is 13.8 Å². The van der Waals surface area contributed by atoms with E-state index < -0.39 is 0 Å². The smallest absolute Gasteiger partial charge is 0.320 e. The molecule has 1 aromatic rings. The molecule has 6 heteroatoms. The van der Waals surface area contributed by atoms with E-state index in [0.717, 1.165) is 18.1 Å². The van der Waals surface area contributed by atoms with E-state index in [4.69, 9.17) is 0 Å². The SMILES string of the molecule is CC(C)c1cc(NC(=O)NCCN(C)C)n(C(C)C)n1. The van der Waals surface area contributed by atoms with Gasteiger partial charge in [-0.05, 0) is 33.9 Å². The first-order chi connectivity index (χ1) is 9.31. The lowest BCUT2D eigenvalue weighted by atomic mass is 10.1. The number of nitrogens with one attached hydrogen (secondary N) is 2. The Balaban J connectivity index is 2.68. The molecule has 0 bridgehead atoms. The fraction of sp³-hybridized carbons (Fsp3) is 0.714. The van der Waals surface area contributed by atoms with Crippen LogP contribution in [0.15, 0.2) is 6.07 Å². The van der Waals surface area contributed by atoms with Crippen LogP contribution in [0.25, 0.3) is 0 Å². The third-order valence-corrected chi connectivity index (χ3v) is 2.92. The number of hydrogen-bond acceptors (Lipinski definition) is 3. The minimum absolute atomic E-state index is 0.191. The Morgan fingerprint density at radius 2 is 2.00 bits per heavy atom. The van der Waals surface area contributed by atoms with Gasteiger partial charge in [-0.25, -0.2) is 9.48 Å². The molecule has 6 nitrogen and oxygen atoms in total. The molecule has 20 heavy (non-hydrogen) atoms. The lowest BCUT2D eigenvalue weighted by Crippen LogP contribution is -2.35. The predicted molar refractivity (Wildman–Crippen MR) is 82.3 cm³/mol. The molecule has 1 heterocycles. The van der Waals surface area contributed by atoms with E-state index >= 15 is 0 Å². The molecule has 2 N–H and O–H groups in total. The van der Waals surface area contributed by atoms with Gasteiger partial charge in [0, 0.05) is 25.2 Å². The lowest BCUT2D eigenvalue weighted by Gasteiger charge is -2.13. The molecule has 114 valence electrons. The number of nitrogens with zero attached hydrogens (tertiary/aromatic N) is 3. The van der Waals surface area contributed by atoms with E-state index in [1.807, 2.05) is 43.6 Å². The second-order valence-corrected chi connectivity index (χ2v) is 5.83. The van der Waals surface area contributed by atoms with Crippen LogP contribution in [-0.4, -0.2) is 47.9 Å². The maximum absolute atomic E-state index is 11.9. The molecule has 0 spiro atoms. The van der Waals surface area contributed by atoms with Crippen LogP contribution in [-0.2, 0) is 0 Å². The van der Waals surface area contributed by atoms with E-state index in [0.29, 0.717) is 12.5 Å². The van der Waals surface area contributed by atoms with Gasteiger partial charge < -0.3 is 10.2 Å². The van der Waals surface area contributed by atoms with Crippen LogP contribution in [0.3, 0.4) is 0 Å². The fourth-order valence-electron chi connectivity index (χ4n) is 1.74. The third kappa shape index (κ3) is 4.85. The molecule has 0 aliphatic rings. The average molecular weight is 281 g/mol. The lowest BCUT2D eigenvalue weighted by molar-refractivity contribution is 0.250. The Hall–Kier alpha value is -1.56. The predicted octanol–water partition coefficient (Wildman–Crippen LogP) is 2.27. The Morgan fingerprint density at radius 1 is 1.35 bits per heavy atom. The second-order valence-electron chi connectivity index (χ2n) is 5.83. The second kappa shape index (κ2) is 7.28. The first-order valence-electron chi connectivity index (χ1n) is 7.10. The minimum atomic E-state index is -0.191. The molecular weight excluding hydrogens is 254 g/mol. The van der Waals surface area contributed by atoms with Crippen molar-refractivity contribution >= 4 is 11.8 Å². The zero-order valence-corrected chi connectivity index (χ0v) is 13.4. The molecular formula is C14H27N5O. The van der Waals surface area contributed by atoms with Gasteiger partial charge in [0.2, 0.25) is 0 Å². The highest BCUT2D eigenvalue weighted by molar-refractivity contribution is 5.88. The fourth-order valence-corrected chi connectivity index (χ4v) is 1.74. The number of likely N-dealkylation sites (N-methyl/N-ethyl adjacent to an activating group) is 1. The topological polar surface area (TPSA) is 62.2 Å². The summed E-state index contributed by atoms with van der Waals surface area (Å²) in [5, 5.41) is 10.2. The van der Waals surface area contributed by atoms with Crippen molar-refractivity contribution in [2.75, 3.05) is 32.5 Å². The summed E-state index contributed by atoms with van der Waals surface area (Å²) in [4.78, 5) is 13.9.